The normalized spacial score (nSPS) is 26.3. The van der Waals surface area contributed by atoms with E-state index in [4.69, 9.17) is 0 Å². The van der Waals surface area contributed by atoms with Crippen LogP contribution in [0.5, 0.6) is 0 Å². The van der Waals surface area contributed by atoms with Crippen molar-refractivity contribution in [2.75, 3.05) is 25.9 Å². The Bertz CT molecular complexity index is 956. The van der Waals surface area contributed by atoms with Crippen molar-refractivity contribution in [3.05, 3.63) is 42.0 Å². The molecule has 2 atom stereocenters. The van der Waals surface area contributed by atoms with Crippen LogP contribution in [0.4, 0.5) is 0 Å². The number of hydrogen-bond donors (Lipinski definition) is 2. The second kappa shape index (κ2) is 7.23. The first-order valence-corrected chi connectivity index (χ1v) is 11.5. The molecule has 2 fully saturated rings. The fraction of sp³-hybridized carbons (Fsp3) is 0.500. The first-order valence-electron chi connectivity index (χ1n) is 9.68. The summed E-state index contributed by atoms with van der Waals surface area (Å²) in [6, 6.07) is 8.53. The number of amides is 2. The smallest absolute Gasteiger partial charge is 0.248 e. The van der Waals surface area contributed by atoms with Crippen LogP contribution in [0.25, 0.3) is 5.57 Å². The maximum Gasteiger partial charge on any atom is 0.248 e. The number of hydrogen-bond acceptors (Lipinski definition) is 5. The van der Waals surface area contributed by atoms with Gasteiger partial charge in [0.25, 0.3) is 0 Å². The fourth-order valence-corrected chi connectivity index (χ4v) is 5.68. The van der Waals surface area contributed by atoms with Crippen molar-refractivity contribution in [1.82, 2.24) is 14.7 Å². The SMILES string of the molecule is CS(=O)(=O)N1CC2(CC2)C[C@H](C(=O)NO)[C@H]1C(=O)N1CC=C(c2ccccc2)C1. The van der Waals surface area contributed by atoms with E-state index in [0.717, 1.165) is 30.2 Å². The lowest BCUT2D eigenvalue weighted by molar-refractivity contribution is -0.147. The third-order valence-corrected chi connectivity index (χ3v) is 7.50. The summed E-state index contributed by atoms with van der Waals surface area (Å²) in [6.45, 7) is 0.954. The van der Waals surface area contributed by atoms with Crippen LogP contribution in [0.1, 0.15) is 24.8 Å². The van der Waals surface area contributed by atoms with Crippen molar-refractivity contribution in [2.45, 2.75) is 25.3 Å². The van der Waals surface area contributed by atoms with Crippen molar-refractivity contribution >= 4 is 27.4 Å². The van der Waals surface area contributed by atoms with Crippen molar-refractivity contribution in [2.24, 2.45) is 11.3 Å². The molecule has 1 aromatic rings. The number of carbonyl (C=O) groups excluding carboxylic acids is 2. The second-order valence-corrected chi connectivity index (χ2v) is 10.3. The number of nitrogens with zero attached hydrogens (tertiary/aromatic N) is 2. The Kier molecular flexibility index (Phi) is 5.00. The number of piperidine rings is 1. The highest BCUT2D eigenvalue weighted by Crippen LogP contribution is 2.55. The van der Waals surface area contributed by atoms with Gasteiger partial charge in [-0.3, -0.25) is 14.8 Å². The average Bonchev–Trinajstić information content (AvgIpc) is 3.26. The highest BCUT2D eigenvalue weighted by atomic mass is 32.2. The molecule has 2 amide bonds. The van der Waals surface area contributed by atoms with E-state index in [2.05, 4.69) is 0 Å². The summed E-state index contributed by atoms with van der Waals surface area (Å²) in [6.07, 6.45) is 5.05. The van der Waals surface area contributed by atoms with Gasteiger partial charge in [-0.2, -0.15) is 4.31 Å². The number of carbonyl (C=O) groups is 2. The van der Waals surface area contributed by atoms with E-state index in [1.54, 1.807) is 10.4 Å². The van der Waals surface area contributed by atoms with Gasteiger partial charge in [0.2, 0.25) is 21.8 Å². The summed E-state index contributed by atoms with van der Waals surface area (Å²) in [5.74, 6) is -2.03. The molecule has 0 aromatic heterocycles. The number of sulfonamides is 1. The Labute approximate surface area is 170 Å². The monoisotopic (exact) mass is 419 g/mol. The summed E-state index contributed by atoms with van der Waals surface area (Å²) >= 11 is 0. The molecule has 0 unspecified atom stereocenters. The van der Waals surface area contributed by atoms with Crippen LogP contribution in [0, 0.1) is 11.3 Å². The lowest BCUT2D eigenvalue weighted by atomic mass is 9.81. The zero-order valence-corrected chi connectivity index (χ0v) is 17.1. The minimum Gasteiger partial charge on any atom is -0.333 e. The van der Waals surface area contributed by atoms with E-state index in [1.807, 2.05) is 36.4 Å². The standard InChI is InChI=1S/C20H25N3O5S/c1-29(27,28)23-13-20(8-9-20)11-16(18(24)21-26)17(23)19(25)22-10-7-15(12-22)14-5-3-2-4-6-14/h2-7,16-17,26H,8-13H2,1H3,(H,21,24)/t16-,17-/m0/s1. The molecule has 4 rings (SSSR count). The molecule has 3 aliphatic rings. The Hall–Kier alpha value is -2.23. The first-order chi connectivity index (χ1) is 13.7. The van der Waals surface area contributed by atoms with Crippen LogP contribution in [-0.4, -0.2) is 66.6 Å². The molecule has 9 heteroatoms. The molecular weight excluding hydrogens is 394 g/mol. The van der Waals surface area contributed by atoms with Crippen LogP contribution in [0.2, 0.25) is 0 Å². The van der Waals surface area contributed by atoms with Gasteiger partial charge in [-0.05, 0) is 35.8 Å². The topological polar surface area (TPSA) is 107 Å². The number of nitrogens with one attached hydrogen (secondary N) is 1. The van der Waals surface area contributed by atoms with E-state index < -0.39 is 33.8 Å². The van der Waals surface area contributed by atoms with Gasteiger partial charge < -0.3 is 4.90 Å². The van der Waals surface area contributed by atoms with Crippen molar-refractivity contribution < 1.29 is 23.2 Å². The molecule has 2 aliphatic heterocycles. The summed E-state index contributed by atoms with van der Waals surface area (Å²) < 4.78 is 26.2. The lowest BCUT2D eigenvalue weighted by Gasteiger charge is -2.43. The molecule has 29 heavy (non-hydrogen) atoms. The van der Waals surface area contributed by atoms with Gasteiger partial charge in [0.15, 0.2) is 0 Å². The van der Waals surface area contributed by atoms with Crippen molar-refractivity contribution in [1.29, 1.82) is 0 Å². The Morgan fingerprint density at radius 3 is 2.48 bits per heavy atom. The molecule has 1 saturated heterocycles. The van der Waals surface area contributed by atoms with Gasteiger partial charge in [0.05, 0.1) is 12.2 Å². The largest absolute Gasteiger partial charge is 0.333 e. The van der Waals surface area contributed by atoms with Crippen LogP contribution in [0.3, 0.4) is 0 Å². The van der Waals surface area contributed by atoms with Gasteiger partial charge in [0, 0.05) is 19.6 Å². The fourth-order valence-electron chi connectivity index (χ4n) is 4.52. The highest BCUT2D eigenvalue weighted by Gasteiger charge is 2.58. The summed E-state index contributed by atoms with van der Waals surface area (Å²) in [4.78, 5) is 27.4. The maximum absolute atomic E-state index is 13.4. The molecule has 8 nitrogen and oxygen atoms in total. The van der Waals surface area contributed by atoms with Gasteiger partial charge >= 0.3 is 0 Å². The molecule has 0 radical (unpaired) electrons. The van der Waals surface area contributed by atoms with E-state index in [0.29, 0.717) is 19.5 Å². The average molecular weight is 420 g/mol. The van der Waals surface area contributed by atoms with Crippen molar-refractivity contribution in [3.63, 3.8) is 0 Å². The van der Waals surface area contributed by atoms with Crippen molar-refractivity contribution in [3.8, 4) is 0 Å². The Morgan fingerprint density at radius 1 is 1.21 bits per heavy atom. The molecule has 1 aromatic carbocycles. The van der Waals surface area contributed by atoms with Crippen LogP contribution < -0.4 is 5.48 Å². The lowest BCUT2D eigenvalue weighted by Crippen LogP contribution is -2.61. The molecule has 2 N–H and O–H groups in total. The van der Waals surface area contributed by atoms with E-state index >= 15 is 0 Å². The molecule has 156 valence electrons. The molecule has 0 bridgehead atoms. The third-order valence-electron chi connectivity index (χ3n) is 6.29. The molecular formula is C20H25N3O5S. The van der Waals surface area contributed by atoms with Gasteiger partial charge in [-0.1, -0.05) is 36.4 Å². The Balaban J connectivity index is 1.61. The van der Waals surface area contributed by atoms with Crippen LogP contribution >= 0.6 is 0 Å². The van der Waals surface area contributed by atoms with Crippen LogP contribution in [0.15, 0.2) is 36.4 Å². The third kappa shape index (κ3) is 3.82. The van der Waals surface area contributed by atoms with Gasteiger partial charge in [-0.15, -0.1) is 0 Å². The minimum absolute atomic E-state index is 0.240. The zero-order chi connectivity index (χ0) is 20.8. The molecule has 1 spiro atoms. The predicted molar refractivity (Wildman–Crippen MR) is 106 cm³/mol. The number of benzene rings is 1. The molecule has 2 heterocycles. The number of hydroxylamine groups is 1. The van der Waals surface area contributed by atoms with Gasteiger partial charge in [0.1, 0.15) is 6.04 Å². The first kappa shape index (κ1) is 20.1. The molecule has 1 saturated carbocycles. The van der Waals surface area contributed by atoms with Gasteiger partial charge in [-0.25, -0.2) is 13.9 Å². The number of rotatable bonds is 4. The summed E-state index contributed by atoms with van der Waals surface area (Å²) in [5.41, 5.74) is 3.37. The maximum atomic E-state index is 13.4. The predicted octanol–water partition coefficient (Wildman–Crippen LogP) is 0.848. The van der Waals surface area contributed by atoms with E-state index in [1.165, 1.54) is 4.31 Å². The van der Waals surface area contributed by atoms with E-state index in [-0.39, 0.29) is 12.0 Å². The Morgan fingerprint density at radius 2 is 1.90 bits per heavy atom. The quantitative estimate of drug-likeness (QED) is 0.556. The minimum atomic E-state index is -3.71. The summed E-state index contributed by atoms with van der Waals surface area (Å²) in [5, 5.41) is 9.22. The van der Waals surface area contributed by atoms with Crippen LogP contribution in [-0.2, 0) is 19.6 Å². The summed E-state index contributed by atoms with van der Waals surface area (Å²) in [7, 11) is -3.71. The zero-order valence-electron chi connectivity index (χ0n) is 16.2. The molecule has 1 aliphatic carbocycles. The van der Waals surface area contributed by atoms with E-state index in [9.17, 15) is 23.2 Å². The second-order valence-electron chi connectivity index (χ2n) is 8.35. The highest BCUT2D eigenvalue weighted by molar-refractivity contribution is 7.88.